The highest BCUT2D eigenvalue weighted by molar-refractivity contribution is 5.85. The number of nitrogens with zero attached hydrogens (tertiary/aromatic N) is 2. The number of piperidine rings is 2. The third-order valence-corrected chi connectivity index (χ3v) is 3.75. The molecule has 0 radical (unpaired) electrons. The number of rotatable bonds is 1. The molecule has 2 heterocycles. The van der Waals surface area contributed by atoms with E-state index in [0.717, 1.165) is 32.6 Å². The van der Waals surface area contributed by atoms with E-state index in [9.17, 15) is 4.79 Å². The van der Waals surface area contributed by atoms with Crippen molar-refractivity contribution in [3.63, 3.8) is 0 Å². The molecule has 2 amide bonds. The molecule has 17 heavy (non-hydrogen) atoms. The van der Waals surface area contributed by atoms with Crippen LogP contribution in [0.5, 0.6) is 0 Å². The molecule has 4 nitrogen and oxygen atoms in total. The van der Waals surface area contributed by atoms with Crippen molar-refractivity contribution >= 4 is 18.4 Å². The van der Waals surface area contributed by atoms with Crippen LogP contribution in [0.15, 0.2) is 0 Å². The Bertz CT molecular complexity index is 238. The first-order valence-corrected chi connectivity index (χ1v) is 6.51. The average molecular weight is 262 g/mol. The van der Waals surface area contributed by atoms with Crippen LogP contribution in [0, 0.1) is 0 Å². The van der Waals surface area contributed by atoms with Gasteiger partial charge in [-0.15, -0.1) is 12.4 Å². The number of amides is 2. The predicted octanol–water partition coefficient (Wildman–Crippen LogP) is 1.70. The first kappa shape index (κ1) is 14.6. The van der Waals surface area contributed by atoms with Gasteiger partial charge in [0.05, 0.1) is 0 Å². The van der Waals surface area contributed by atoms with Crippen molar-refractivity contribution < 1.29 is 4.79 Å². The predicted molar refractivity (Wildman–Crippen MR) is 71.7 cm³/mol. The first-order valence-electron chi connectivity index (χ1n) is 6.51. The highest BCUT2D eigenvalue weighted by atomic mass is 35.5. The first-order chi connectivity index (χ1) is 7.79. The number of carbonyl (C=O) groups excluding carboxylic acids is 1. The summed E-state index contributed by atoms with van der Waals surface area (Å²) in [5.74, 6) is 0. The van der Waals surface area contributed by atoms with Gasteiger partial charge >= 0.3 is 6.03 Å². The number of likely N-dealkylation sites (tertiary alicyclic amines) is 1. The molecule has 5 heteroatoms. The van der Waals surface area contributed by atoms with E-state index in [1.54, 1.807) is 0 Å². The summed E-state index contributed by atoms with van der Waals surface area (Å²) >= 11 is 0. The average Bonchev–Trinajstić information content (AvgIpc) is 2.39. The summed E-state index contributed by atoms with van der Waals surface area (Å²) in [6, 6.07) is 0.622. The summed E-state index contributed by atoms with van der Waals surface area (Å²) in [5, 5.41) is 3.36. The lowest BCUT2D eigenvalue weighted by atomic mass is 10.1. The van der Waals surface area contributed by atoms with E-state index in [4.69, 9.17) is 0 Å². The molecule has 0 aromatic heterocycles. The number of hydrogen-bond donors (Lipinski definition) is 1. The molecule has 1 N–H and O–H groups in total. The lowest BCUT2D eigenvalue weighted by Crippen LogP contribution is -2.52. The Balaban J connectivity index is 0.00000144. The van der Waals surface area contributed by atoms with E-state index < -0.39 is 0 Å². The molecule has 2 saturated heterocycles. The molecular weight excluding hydrogens is 238 g/mol. The van der Waals surface area contributed by atoms with Gasteiger partial charge in [0, 0.05) is 32.7 Å². The van der Waals surface area contributed by atoms with Crippen molar-refractivity contribution in [1.29, 1.82) is 0 Å². The van der Waals surface area contributed by atoms with Crippen molar-refractivity contribution in [2.24, 2.45) is 0 Å². The second kappa shape index (κ2) is 7.07. The summed E-state index contributed by atoms with van der Waals surface area (Å²) in [5.41, 5.74) is 0. The molecule has 1 atom stereocenters. The summed E-state index contributed by atoms with van der Waals surface area (Å²) in [6.45, 7) is 3.95. The number of hydrogen-bond acceptors (Lipinski definition) is 2. The third kappa shape index (κ3) is 3.75. The van der Waals surface area contributed by atoms with Gasteiger partial charge in [0.15, 0.2) is 0 Å². The zero-order chi connectivity index (χ0) is 11.4. The number of likely N-dealkylation sites (N-methyl/N-ethyl adjacent to an activating group) is 1. The standard InChI is InChI=1S/C12H23N3O.ClH/c1-14(11-6-5-7-13-10-11)12(16)15-8-3-2-4-9-15;/h11,13H,2-10H2,1H3;1H/t11-;/m0./s1. The van der Waals surface area contributed by atoms with Crippen LogP contribution < -0.4 is 5.32 Å². The third-order valence-electron chi connectivity index (χ3n) is 3.75. The van der Waals surface area contributed by atoms with Gasteiger partial charge in [-0.3, -0.25) is 0 Å². The van der Waals surface area contributed by atoms with E-state index in [-0.39, 0.29) is 18.4 Å². The fourth-order valence-corrected chi connectivity index (χ4v) is 2.63. The van der Waals surface area contributed by atoms with Gasteiger partial charge in [-0.2, -0.15) is 0 Å². The van der Waals surface area contributed by atoms with Crippen molar-refractivity contribution in [3.8, 4) is 0 Å². The van der Waals surface area contributed by atoms with E-state index in [1.165, 1.54) is 25.7 Å². The highest BCUT2D eigenvalue weighted by Gasteiger charge is 2.26. The van der Waals surface area contributed by atoms with Crippen LogP contribution in [0.1, 0.15) is 32.1 Å². The minimum Gasteiger partial charge on any atom is -0.325 e. The smallest absolute Gasteiger partial charge is 0.320 e. The van der Waals surface area contributed by atoms with Crippen LogP contribution in [0.2, 0.25) is 0 Å². The zero-order valence-corrected chi connectivity index (χ0v) is 11.5. The van der Waals surface area contributed by atoms with Crippen LogP contribution in [0.3, 0.4) is 0 Å². The lowest BCUT2D eigenvalue weighted by molar-refractivity contribution is 0.130. The fraction of sp³-hybridized carbons (Fsp3) is 0.917. The van der Waals surface area contributed by atoms with Gasteiger partial charge in [0.25, 0.3) is 0 Å². The Morgan fingerprint density at radius 3 is 2.53 bits per heavy atom. The molecule has 2 aliphatic heterocycles. The Kier molecular flexibility index (Phi) is 6.06. The Labute approximate surface area is 110 Å². The molecule has 2 rings (SSSR count). The van der Waals surface area contributed by atoms with Gasteiger partial charge < -0.3 is 15.1 Å². The van der Waals surface area contributed by atoms with Gasteiger partial charge in [-0.05, 0) is 38.6 Å². The second-order valence-electron chi connectivity index (χ2n) is 4.94. The molecule has 0 bridgehead atoms. The molecule has 0 aromatic carbocycles. The van der Waals surface area contributed by atoms with Gasteiger partial charge in [-0.25, -0.2) is 4.79 Å². The molecule has 0 spiro atoms. The van der Waals surface area contributed by atoms with Gasteiger partial charge in [0.1, 0.15) is 0 Å². The maximum absolute atomic E-state index is 12.2. The maximum Gasteiger partial charge on any atom is 0.320 e. The lowest BCUT2D eigenvalue weighted by Gasteiger charge is -2.37. The van der Waals surface area contributed by atoms with Crippen LogP contribution in [0.4, 0.5) is 4.79 Å². The molecule has 2 aliphatic rings. The molecular formula is C12H24ClN3O. The highest BCUT2D eigenvalue weighted by Crippen LogP contribution is 2.14. The van der Waals surface area contributed by atoms with Crippen molar-refractivity contribution in [2.75, 3.05) is 33.2 Å². The van der Waals surface area contributed by atoms with E-state index in [1.807, 2.05) is 16.8 Å². The topological polar surface area (TPSA) is 35.6 Å². The van der Waals surface area contributed by atoms with Gasteiger partial charge in [-0.1, -0.05) is 0 Å². The number of halogens is 1. The quantitative estimate of drug-likeness (QED) is 0.780. The molecule has 0 unspecified atom stereocenters. The zero-order valence-electron chi connectivity index (χ0n) is 10.7. The second-order valence-corrected chi connectivity index (χ2v) is 4.94. The number of urea groups is 1. The number of carbonyl (C=O) groups is 1. The molecule has 100 valence electrons. The van der Waals surface area contributed by atoms with Crippen LogP contribution in [0.25, 0.3) is 0 Å². The summed E-state index contributed by atoms with van der Waals surface area (Å²) in [4.78, 5) is 16.2. The summed E-state index contributed by atoms with van der Waals surface area (Å²) < 4.78 is 0. The summed E-state index contributed by atoms with van der Waals surface area (Å²) in [7, 11) is 1.95. The minimum absolute atomic E-state index is 0. The molecule has 0 saturated carbocycles. The van der Waals surface area contributed by atoms with E-state index >= 15 is 0 Å². The minimum atomic E-state index is 0. The van der Waals surface area contributed by atoms with Crippen LogP contribution >= 0.6 is 12.4 Å². The Morgan fingerprint density at radius 1 is 1.24 bits per heavy atom. The SMILES string of the molecule is CN(C(=O)N1CCCCC1)[C@H]1CCCNC1.Cl. The number of nitrogens with one attached hydrogen (secondary N) is 1. The Morgan fingerprint density at radius 2 is 1.94 bits per heavy atom. The molecule has 0 aromatic rings. The summed E-state index contributed by atoms with van der Waals surface area (Å²) in [6.07, 6.45) is 5.94. The fourth-order valence-electron chi connectivity index (χ4n) is 2.63. The Hall–Kier alpha value is -0.480. The van der Waals surface area contributed by atoms with E-state index in [0.29, 0.717) is 6.04 Å². The van der Waals surface area contributed by atoms with Crippen molar-refractivity contribution in [3.05, 3.63) is 0 Å². The van der Waals surface area contributed by atoms with Gasteiger partial charge in [0.2, 0.25) is 0 Å². The largest absolute Gasteiger partial charge is 0.325 e. The molecule has 2 fully saturated rings. The maximum atomic E-state index is 12.2. The monoisotopic (exact) mass is 261 g/mol. The van der Waals surface area contributed by atoms with Crippen molar-refractivity contribution in [1.82, 2.24) is 15.1 Å². The normalized spacial score (nSPS) is 25.0. The van der Waals surface area contributed by atoms with E-state index in [2.05, 4.69) is 5.32 Å². The van der Waals surface area contributed by atoms with Crippen LogP contribution in [-0.2, 0) is 0 Å². The molecule has 0 aliphatic carbocycles. The van der Waals surface area contributed by atoms with Crippen molar-refractivity contribution in [2.45, 2.75) is 38.1 Å². The van der Waals surface area contributed by atoms with Crippen LogP contribution in [-0.4, -0.2) is 55.1 Å².